The van der Waals surface area contributed by atoms with Crippen molar-refractivity contribution in [1.82, 2.24) is 4.98 Å². The topological polar surface area (TPSA) is 39.2 Å². The van der Waals surface area contributed by atoms with Gasteiger partial charge in [-0.1, -0.05) is 23.1 Å². The zero-order valence-electron chi connectivity index (χ0n) is 10.0. The predicted octanol–water partition coefficient (Wildman–Crippen LogP) is 2.74. The van der Waals surface area contributed by atoms with Crippen LogP contribution >= 0.6 is 11.6 Å². The van der Waals surface area contributed by atoms with E-state index in [1.807, 2.05) is 0 Å². The molecular weight excluding hydrogens is 269 g/mol. The summed E-state index contributed by atoms with van der Waals surface area (Å²) in [5.41, 5.74) is -2.81. The number of hydrogen-bond donors (Lipinski definition) is 0. The Morgan fingerprint density at radius 3 is 2.33 bits per heavy atom. The number of hydrogen-bond acceptors (Lipinski definition) is 3. The lowest BCUT2D eigenvalue weighted by Gasteiger charge is -2.22. The van der Waals surface area contributed by atoms with E-state index in [2.05, 4.69) is 4.98 Å². The lowest BCUT2D eigenvalue weighted by atomic mass is 9.79. The number of ether oxygens (including phenoxy) is 1. The number of carbonyl (C=O) groups excluding carboxylic acids is 1. The lowest BCUT2D eigenvalue weighted by Crippen LogP contribution is -2.40. The van der Waals surface area contributed by atoms with Crippen molar-refractivity contribution in [1.29, 1.82) is 0 Å². The largest absolute Gasteiger partial charge is 0.512 e. The summed E-state index contributed by atoms with van der Waals surface area (Å²) in [7, 11) is 0. The molecule has 0 saturated carbocycles. The molecule has 0 radical (unpaired) electrons. The Kier molecular flexibility index (Phi) is 3.95. The highest BCUT2D eigenvalue weighted by molar-refractivity contribution is 6.74. The van der Waals surface area contributed by atoms with Crippen molar-refractivity contribution in [3.05, 3.63) is 23.0 Å². The van der Waals surface area contributed by atoms with Gasteiger partial charge in [-0.25, -0.2) is 9.78 Å². The molecule has 0 aliphatic heterocycles. The Hall–Kier alpha value is -1.24. The average Bonchev–Trinajstić information content (AvgIpc) is 2.12. The number of rotatable bonds is 2. The Morgan fingerprint density at radius 2 is 1.89 bits per heavy atom. The first-order chi connectivity index (χ1) is 8.00. The van der Waals surface area contributed by atoms with Crippen molar-refractivity contribution in [2.75, 3.05) is 0 Å². The van der Waals surface area contributed by atoms with Gasteiger partial charge in [-0.15, -0.1) is 0 Å². The van der Waals surface area contributed by atoms with Crippen LogP contribution in [0.4, 0.5) is 12.9 Å². The van der Waals surface area contributed by atoms with Gasteiger partial charge in [0.2, 0.25) is 0 Å². The fourth-order valence-electron chi connectivity index (χ4n) is 1.20. The van der Waals surface area contributed by atoms with E-state index in [-0.39, 0.29) is 5.15 Å². The second-order valence-corrected chi connectivity index (χ2v) is 5.04. The molecular formula is C10H11BClF3NO2-. The van der Waals surface area contributed by atoms with Crippen molar-refractivity contribution in [3.8, 4) is 0 Å². The average molecular weight is 280 g/mol. The van der Waals surface area contributed by atoms with Gasteiger partial charge in [0.05, 0.1) is 0 Å². The standard InChI is InChI=1S/C10H11BClF3NO2/c1-10(2,3)18-9(17)8-6(11(13,14)15)4-5-7(12)16-8/h4-5H,1-3H3/q-1. The van der Waals surface area contributed by atoms with Gasteiger partial charge >= 0.3 is 12.9 Å². The van der Waals surface area contributed by atoms with Gasteiger partial charge in [0.15, 0.2) is 0 Å². The highest BCUT2D eigenvalue weighted by Gasteiger charge is 2.33. The van der Waals surface area contributed by atoms with Crippen LogP contribution in [0.3, 0.4) is 0 Å². The van der Waals surface area contributed by atoms with Gasteiger partial charge in [-0.2, -0.15) is 0 Å². The fraction of sp³-hybridized carbons (Fsp3) is 0.400. The normalized spacial score (nSPS) is 12.4. The first-order valence-corrected chi connectivity index (χ1v) is 5.48. The van der Waals surface area contributed by atoms with Gasteiger partial charge in [-0.3, -0.25) is 0 Å². The summed E-state index contributed by atoms with van der Waals surface area (Å²) < 4.78 is 43.1. The van der Waals surface area contributed by atoms with Gasteiger partial charge in [-0.05, 0) is 26.8 Å². The minimum Gasteiger partial charge on any atom is -0.455 e. The first kappa shape index (κ1) is 14.8. The molecule has 8 heteroatoms. The van der Waals surface area contributed by atoms with E-state index in [1.54, 1.807) is 20.8 Å². The molecule has 0 aliphatic rings. The number of carbonyl (C=O) groups is 1. The van der Waals surface area contributed by atoms with Gasteiger partial charge in [0.1, 0.15) is 16.4 Å². The van der Waals surface area contributed by atoms with E-state index >= 15 is 0 Å². The molecule has 0 atom stereocenters. The third kappa shape index (κ3) is 3.91. The van der Waals surface area contributed by atoms with E-state index in [4.69, 9.17) is 16.3 Å². The van der Waals surface area contributed by atoms with E-state index in [1.165, 1.54) is 0 Å². The van der Waals surface area contributed by atoms with Crippen LogP contribution in [0.2, 0.25) is 5.15 Å². The SMILES string of the molecule is CC(C)(C)OC(=O)c1nc(Cl)ccc1[B-](F)(F)F. The molecule has 0 fully saturated rings. The molecule has 3 nitrogen and oxygen atoms in total. The minimum absolute atomic E-state index is 0.195. The molecule has 100 valence electrons. The van der Waals surface area contributed by atoms with Crippen LogP contribution in [-0.2, 0) is 4.74 Å². The highest BCUT2D eigenvalue weighted by atomic mass is 35.5. The number of nitrogens with zero attached hydrogens (tertiary/aromatic N) is 1. The van der Waals surface area contributed by atoms with E-state index in [0.717, 1.165) is 12.1 Å². The zero-order valence-corrected chi connectivity index (χ0v) is 10.8. The summed E-state index contributed by atoms with van der Waals surface area (Å²) in [6.07, 6.45) is 0. The Balaban J connectivity index is 3.22. The molecule has 0 amide bonds. The highest BCUT2D eigenvalue weighted by Crippen LogP contribution is 2.16. The zero-order chi connectivity index (χ0) is 14.1. The molecule has 1 aromatic rings. The quantitative estimate of drug-likeness (QED) is 0.475. The van der Waals surface area contributed by atoms with Gasteiger partial charge < -0.3 is 17.7 Å². The maximum Gasteiger partial charge on any atom is 0.512 e. The van der Waals surface area contributed by atoms with Crippen LogP contribution in [0, 0.1) is 0 Å². The Bertz CT molecular complexity index is 471. The lowest BCUT2D eigenvalue weighted by molar-refractivity contribution is 0.00638. The molecule has 0 spiro atoms. The third-order valence-electron chi connectivity index (χ3n) is 1.84. The number of aromatic nitrogens is 1. The van der Waals surface area contributed by atoms with E-state index in [0.29, 0.717) is 0 Å². The van der Waals surface area contributed by atoms with Crippen molar-refractivity contribution >= 4 is 30.0 Å². The summed E-state index contributed by atoms with van der Waals surface area (Å²) in [5.74, 6) is -1.14. The smallest absolute Gasteiger partial charge is 0.455 e. The van der Waals surface area contributed by atoms with E-state index in [9.17, 15) is 17.7 Å². The van der Waals surface area contributed by atoms with Crippen LogP contribution in [0.1, 0.15) is 31.3 Å². The predicted molar refractivity (Wildman–Crippen MR) is 63.1 cm³/mol. The molecule has 0 unspecified atom stereocenters. The second-order valence-electron chi connectivity index (χ2n) is 4.65. The summed E-state index contributed by atoms with van der Waals surface area (Å²) in [4.78, 5) is 15.1. The Morgan fingerprint density at radius 1 is 1.33 bits per heavy atom. The number of pyridine rings is 1. The van der Waals surface area contributed by atoms with Crippen LogP contribution in [0.15, 0.2) is 12.1 Å². The molecule has 1 heterocycles. The van der Waals surface area contributed by atoms with Crippen molar-refractivity contribution < 1.29 is 22.5 Å². The number of esters is 1. The molecule has 0 bridgehead atoms. The maximum absolute atomic E-state index is 12.7. The van der Waals surface area contributed by atoms with E-state index < -0.39 is 29.7 Å². The molecule has 0 aliphatic carbocycles. The summed E-state index contributed by atoms with van der Waals surface area (Å²) in [6.45, 7) is -0.704. The van der Waals surface area contributed by atoms with Crippen LogP contribution in [-0.4, -0.2) is 23.5 Å². The summed E-state index contributed by atoms with van der Waals surface area (Å²) in [5, 5.41) is -0.195. The molecule has 0 N–H and O–H groups in total. The van der Waals surface area contributed by atoms with Gasteiger partial charge in [0, 0.05) is 0 Å². The molecule has 0 saturated heterocycles. The van der Waals surface area contributed by atoms with Crippen LogP contribution in [0.5, 0.6) is 0 Å². The van der Waals surface area contributed by atoms with Crippen LogP contribution < -0.4 is 5.46 Å². The third-order valence-corrected chi connectivity index (χ3v) is 2.05. The van der Waals surface area contributed by atoms with Crippen molar-refractivity contribution in [2.24, 2.45) is 0 Å². The van der Waals surface area contributed by atoms with Crippen LogP contribution in [0.25, 0.3) is 0 Å². The second kappa shape index (κ2) is 4.80. The van der Waals surface area contributed by atoms with Crippen molar-refractivity contribution in [2.45, 2.75) is 26.4 Å². The fourth-order valence-corrected chi connectivity index (χ4v) is 1.35. The maximum atomic E-state index is 12.7. The van der Waals surface area contributed by atoms with Gasteiger partial charge in [0.25, 0.3) is 0 Å². The first-order valence-electron chi connectivity index (χ1n) is 5.10. The molecule has 1 rings (SSSR count). The summed E-state index contributed by atoms with van der Waals surface area (Å²) >= 11 is 5.50. The summed E-state index contributed by atoms with van der Waals surface area (Å²) in [6, 6.07) is 1.72. The monoisotopic (exact) mass is 280 g/mol. The number of halogens is 4. The molecule has 1 aromatic heterocycles. The Labute approximate surface area is 107 Å². The minimum atomic E-state index is -5.35. The molecule has 0 aromatic carbocycles. The van der Waals surface area contributed by atoms with Crippen molar-refractivity contribution in [3.63, 3.8) is 0 Å². The molecule has 18 heavy (non-hydrogen) atoms.